The lowest BCUT2D eigenvalue weighted by Gasteiger charge is -2.18. The van der Waals surface area contributed by atoms with Crippen LogP contribution in [-0.2, 0) is 7.05 Å². The van der Waals surface area contributed by atoms with Crippen LogP contribution in [0.5, 0.6) is 11.5 Å². The zero-order valence-corrected chi connectivity index (χ0v) is 15.9. The van der Waals surface area contributed by atoms with Crippen LogP contribution in [0.1, 0.15) is 16.2 Å². The number of thiophene rings is 1. The summed E-state index contributed by atoms with van der Waals surface area (Å²) in [5.74, 6) is 2.24. The van der Waals surface area contributed by atoms with Crippen LogP contribution >= 0.6 is 23.1 Å². The van der Waals surface area contributed by atoms with Crippen molar-refractivity contribution in [1.82, 2.24) is 9.55 Å². The molecule has 6 nitrogen and oxygen atoms in total. The Hall–Kier alpha value is -2.32. The second kappa shape index (κ2) is 6.77. The molecule has 1 aliphatic heterocycles. The van der Waals surface area contributed by atoms with Crippen LogP contribution in [0.25, 0.3) is 10.2 Å². The predicted octanol–water partition coefficient (Wildman–Crippen LogP) is 3.05. The Balaban J connectivity index is 1.52. The molecular weight excluding hydrogens is 372 g/mol. The standard InChI is InChI=1S/C18H16N2O4S2/c1-10-19-17-12(18(22)20(10)2)8-16(26-17)25-9-13(21)11-3-4-14-15(7-11)24-6-5-23-14/h3-4,7-8H,5-6,9H2,1-2H3. The summed E-state index contributed by atoms with van der Waals surface area (Å²) >= 11 is 2.85. The number of hydrogen-bond acceptors (Lipinski definition) is 7. The largest absolute Gasteiger partial charge is 0.486 e. The van der Waals surface area contributed by atoms with Gasteiger partial charge in [-0.05, 0) is 31.2 Å². The van der Waals surface area contributed by atoms with Crippen LogP contribution < -0.4 is 15.0 Å². The van der Waals surface area contributed by atoms with E-state index in [0.717, 1.165) is 4.21 Å². The third-order valence-corrected chi connectivity index (χ3v) is 6.42. The van der Waals surface area contributed by atoms with Crippen LogP contribution in [-0.4, -0.2) is 34.3 Å². The molecule has 0 bridgehead atoms. The van der Waals surface area contributed by atoms with Gasteiger partial charge in [0.05, 0.1) is 15.3 Å². The van der Waals surface area contributed by atoms with Gasteiger partial charge >= 0.3 is 0 Å². The van der Waals surface area contributed by atoms with Gasteiger partial charge in [0.1, 0.15) is 23.9 Å². The van der Waals surface area contributed by atoms with E-state index in [2.05, 4.69) is 4.98 Å². The maximum atomic E-state index is 12.5. The first-order valence-corrected chi connectivity index (χ1v) is 9.86. The Bertz CT molecular complexity index is 1070. The molecule has 1 aliphatic rings. The molecule has 0 radical (unpaired) electrons. The van der Waals surface area contributed by atoms with Crippen LogP contribution in [0.15, 0.2) is 33.3 Å². The molecule has 2 aromatic heterocycles. The van der Waals surface area contributed by atoms with Crippen molar-refractivity contribution in [3.8, 4) is 11.5 Å². The van der Waals surface area contributed by atoms with Crippen molar-refractivity contribution >= 4 is 39.1 Å². The highest BCUT2D eigenvalue weighted by atomic mass is 32.2. The minimum Gasteiger partial charge on any atom is -0.486 e. The summed E-state index contributed by atoms with van der Waals surface area (Å²) in [6.45, 7) is 2.82. The second-order valence-electron chi connectivity index (χ2n) is 5.88. The summed E-state index contributed by atoms with van der Waals surface area (Å²) in [5, 5.41) is 0.595. The summed E-state index contributed by atoms with van der Waals surface area (Å²) in [5.41, 5.74) is 0.529. The van der Waals surface area contributed by atoms with Crippen LogP contribution in [0, 0.1) is 6.92 Å². The molecule has 0 fully saturated rings. The molecule has 3 aromatic rings. The smallest absolute Gasteiger partial charge is 0.262 e. The van der Waals surface area contributed by atoms with Gasteiger partial charge in [0.25, 0.3) is 5.56 Å². The first-order chi connectivity index (χ1) is 12.5. The second-order valence-corrected chi connectivity index (χ2v) is 8.18. The van der Waals surface area contributed by atoms with Crippen molar-refractivity contribution in [3.05, 3.63) is 46.0 Å². The van der Waals surface area contributed by atoms with Gasteiger partial charge in [-0.2, -0.15) is 0 Å². The van der Waals surface area contributed by atoms with E-state index in [1.165, 1.54) is 27.7 Å². The number of aromatic nitrogens is 2. The van der Waals surface area contributed by atoms with E-state index < -0.39 is 0 Å². The highest BCUT2D eigenvalue weighted by Gasteiger charge is 2.16. The number of benzene rings is 1. The monoisotopic (exact) mass is 388 g/mol. The molecule has 0 saturated heterocycles. The fourth-order valence-corrected chi connectivity index (χ4v) is 4.74. The van der Waals surface area contributed by atoms with Crippen molar-refractivity contribution in [1.29, 1.82) is 0 Å². The maximum Gasteiger partial charge on any atom is 0.262 e. The van der Waals surface area contributed by atoms with Crippen LogP contribution in [0.3, 0.4) is 0 Å². The lowest BCUT2D eigenvalue weighted by molar-refractivity contribution is 0.102. The third kappa shape index (κ3) is 3.10. The van der Waals surface area contributed by atoms with Gasteiger partial charge in [-0.25, -0.2) is 4.98 Å². The highest BCUT2D eigenvalue weighted by Crippen LogP contribution is 2.33. The average Bonchev–Trinajstić information content (AvgIpc) is 3.07. The molecule has 26 heavy (non-hydrogen) atoms. The Morgan fingerprint density at radius 1 is 1.27 bits per heavy atom. The lowest BCUT2D eigenvalue weighted by atomic mass is 10.1. The number of rotatable bonds is 4. The minimum atomic E-state index is -0.0613. The number of hydrogen-bond donors (Lipinski definition) is 0. The van der Waals surface area contributed by atoms with Gasteiger partial charge in [-0.3, -0.25) is 14.2 Å². The Labute approximate surface area is 157 Å². The number of ketones is 1. The molecule has 0 N–H and O–H groups in total. The molecule has 0 amide bonds. The van der Waals surface area contributed by atoms with Crippen molar-refractivity contribution in [2.75, 3.05) is 19.0 Å². The summed E-state index contributed by atoms with van der Waals surface area (Å²) in [4.78, 5) is 29.9. The van der Waals surface area contributed by atoms with Crippen molar-refractivity contribution in [2.24, 2.45) is 7.05 Å². The van der Waals surface area contributed by atoms with E-state index in [0.29, 0.717) is 46.3 Å². The molecule has 4 rings (SSSR count). The number of nitrogens with zero attached hydrogens (tertiary/aromatic N) is 2. The van der Waals surface area contributed by atoms with Crippen LogP contribution in [0.4, 0.5) is 0 Å². The Morgan fingerprint density at radius 2 is 2.04 bits per heavy atom. The zero-order valence-electron chi connectivity index (χ0n) is 14.3. The Kier molecular flexibility index (Phi) is 4.46. The predicted molar refractivity (Wildman–Crippen MR) is 102 cm³/mol. The first kappa shape index (κ1) is 17.1. The molecule has 1 aromatic carbocycles. The fourth-order valence-electron chi connectivity index (χ4n) is 2.65. The highest BCUT2D eigenvalue weighted by molar-refractivity contribution is 8.01. The minimum absolute atomic E-state index is 0.00136. The van der Waals surface area contributed by atoms with Crippen molar-refractivity contribution in [2.45, 2.75) is 11.1 Å². The third-order valence-electron chi connectivity index (χ3n) is 4.18. The summed E-state index contributed by atoms with van der Waals surface area (Å²) in [6.07, 6.45) is 0. The lowest BCUT2D eigenvalue weighted by Crippen LogP contribution is -2.19. The number of Topliss-reactive ketones (excluding diaryl/α,β-unsaturated/α-hetero) is 1. The number of carbonyl (C=O) groups excluding carboxylic acids is 1. The van der Waals surface area contributed by atoms with Gasteiger partial charge in [0.2, 0.25) is 0 Å². The zero-order chi connectivity index (χ0) is 18.3. The van der Waals surface area contributed by atoms with E-state index in [1.807, 2.05) is 6.07 Å². The average molecular weight is 388 g/mol. The number of ether oxygens (including phenoxy) is 2. The molecule has 134 valence electrons. The molecule has 0 aliphatic carbocycles. The fraction of sp³-hybridized carbons (Fsp3) is 0.278. The molecule has 0 unspecified atom stereocenters. The van der Waals surface area contributed by atoms with Crippen molar-refractivity contribution < 1.29 is 14.3 Å². The molecule has 0 atom stereocenters. The summed E-state index contributed by atoms with van der Waals surface area (Å²) in [6, 6.07) is 7.06. The Morgan fingerprint density at radius 3 is 2.85 bits per heavy atom. The van der Waals surface area contributed by atoms with Gasteiger partial charge in [0, 0.05) is 12.6 Å². The molecule has 0 spiro atoms. The van der Waals surface area contributed by atoms with E-state index >= 15 is 0 Å². The van der Waals surface area contributed by atoms with E-state index in [-0.39, 0.29) is 17.1 Å². The van der Waals surface area contributed by atoms with Gasteiger partial charge in [-0.1, -0.05) is 0 Å². The van der Waals surface area contributed by atoms with E-state index in [4.69, 9.17) is 9.47 Å². The summed E-state index contributed by atoms with van der Waals surface area (Å²) < 4.78 is 13.4. The van der Waals surface area contributed by atoms with Crippen LogP contribution in [0.2, 0.25) is 0 Å². The normalized spacial score (nSPS) is 13.2. The molecule has 3 heterocycles. The number of carbonyl (C=O) groups is 1. The molecular formula is C18H16N2O4S2. The molecule has 0 saturated carbocycles. The molecule has 8 heteroatoms. The van der Waals surface area contributed by atoms with E-state index in [9.17, 15) is 9.59 Å². The SMILES string of the molecule is Cc1nc2sc(SCC(=O)c3ccc4c(c3)OCCO4)cc2c(=O)n1C. The summed E-state index contributed by atoms with van der Waals surface area (Å²) in [7, 11) is 1.71. The maximum absolute atomic E-state index is 12.5. The topological polar surface area (TPSA) is 70.4 Å². The first-order valence-electron chi connectivity index (χ1n) is 8.06. The van der Waals surface area contributed by atoms with Gasteiger partial charge in [-0.15, -0.1) is 23.1 Å². The van der Waals surface area contributed by atoms with E-state index in [1.54, 1.807) is 32.2 Å². The number of thioether (sulfide) groups is 1. The number of aryl methyl sites for hydroxylation is 1. The van der Waals surface area contributed by atoms with Gasteiger partial charge in [0.15, 0.2) is 17.3 Å². The quantitative estimate of drug-likeness (QED) is 0.505. The number of fused-ring (bicyclic) bond motifs is 2. The van der Waals surface area contributed by atoms with Gasteiger partial charge < -0.3 is 9.47 Å². The van der Waals surface area contributed by atoms with Crippen molar-refractivity contribution in [3.63, 3.8) is 0 Å².